The van der Waals surface area contributed by atoms with Gasteiger partial charge in [0.25, 0.3) is 0 Å². The Bertz CT molecular complexity index is 435. The predicted molar refractivity (Wildman–Crippen MR) is 75.0 cm³/mol. The minimum atomic E-state index is 0.0539. The molecule has 0 spiro atoms. The number of rotatable bonds is 4. The van der Waals surface area contributed by atoms with E-state index in [1.54, 1.807) is 6.20 Å². The summed E-state index contributed by atoms with van der Waals surface area (Å²) in [6.07, 6.45) is 2.58. The summed E-state index contributed by atoms with van der Waals surface area (Å²) < 4.78 is 0. The first kappa shape index (κ1) is 14.7. The number of nitrogens with one attached hydrogen (secondary N) is 1. The van der Waals surface area contributed by atoms with Crippen molar-refractivity contribution in [3.8, 4) is 11.8 Å². The maximum absolute atomic E-state index is 4.47. The van der Waals surface area contributed by atoms with Crippen molar-refractivity contribution in [2.24, 2.45) is 5.41 Å². The molecule has 1 N–H and O–H groups in total. The molecular formula is C15H23N3. The maximum atomic E-state index is 4.47. The van der Waals surface area contributed by atoms with Crippen LogP contribution in [0.1, 0.15) is 51.7 Å². The van der Waals surface area contributed by atoms with Gasteiger partial charge in [0.1, 0.15) is 5.82 Å². The summed E-state index contributed by atoms with van der Waals surface area (Å²) in [5.41, 5.74) is 1.07. The van der Waals surface area contributed by atoms with Crippen molar-refractivity contribution in [2.45, 2.75) is 47.1 Å². The normalized spacial score (nSPS) is 12.7. The summed E-state index contributed by atoms with van der Waals surface area (Å²) >= 11 is 0. The molecule has 1 unspecified atom stereocenters. The molecule has 1 heterocycles. The Morgan fingerprint density at radius 1 is 1.39 bits per heavy atom. The fraction of sp³-hybridized carbons (Fsp3) is 0.600. The molecular weight excluding hydrogens is 222 g/mol. The highest BCUT2D eigenvalue weighted by Gasteiger charge is 2.11. The quantitative estimate of drug-likeness (QED) is 0.829. The Kier molecular flexibility index (Phi) is 5.30. The highest BCUT2D eigenvalue weighted by atomic mass is 15.0. The summed E-state index contributed by atoms with van der Waals surface area (Å²) in [5.74, 6) is 7.32. The van der Waals surface area contributed by atoms with Gasteiger partial charge in [-0.25, -0.2) is 9.97 Å². The molecule has 0 aliphatic rings. The van der Waals surface area contributed by atoms with E-state index in [0.717, 1.165) is 24.5 Å². The summed E-state index contributed by atoms with van der Waals surface area (Å²) in [6, 6.07) is 2.14. The van der Waals surface area contributed by atoms with E-state index in [9.17, 15) is 0 Å². The number of aryl methyl sites for hydroxylation is 1. The summed E-state index contributed by atoms with van der Waals surface area (Å²) in [5, 5.41) is 3.42. The van der Waals surface area contributed by atoms with Crippen molar-refractivity contribution in [3.05, 3.63) is 23.8 Å². The van der Waals surface area contributed by atoms with E-state index in [2.05, 4.69) is 54.8 Å². The largest absolute Gasteiger partial charge is 0.308 e. The highest BCUT2D eigenvalue weighted by Crippen LogP contribution is 2.15. The van der Waals surface area contributed by atoms with Crippen LogP contribution in [0.5, 0.6) is 0 Å². The zero-order chi connectivity index (χ0) is 13.6. The molecule has 0 radical (unpaired) electrons. The molecule has 0 aliphatic carbocycles. The minimum Gasteiger partial charge on any atom is -0.308 e. The van der Waals surface area contributed by atoms with Crippen molar-refractivity contribution in [1.82, 2.24) is 15.3 Å². The molecule has 0 aromatic carbocycles. The van der Waals surface area contributed by atoms with Gasteiger partial charge in [-0.15, -0.1) is 5.92 Å². The minimum absolute atomic E-state index is 0.0539. The van der Waals surface area contributed by atoms with Crippen LogP contribution in [0.15, 0.2) is 12.3 Å². The van der Waals surface area contributed by atoms with Crippen molar-refractivity contribution in [3.63, 3.8) is 0 Å². The first-order valence-electron chi connectivity index (χ1n) is 6.45. The monoisotopic (exact) mass is 245 g/mol. The number of nitrogens with zero attached hydrogens (tertiary/aromatic N) is 2. The SMILES string of the molecule is CCNC(CC#CC(C)(C)C)c1ccnc(C)n1. The van der Waals surface area contributed by atoms with Gasteiger partial charge in [0.2, 0.25) is 0 Å². The third-order valence-corrected chi connectivity index (χ3v) is 2.37. The molecule has 0 saturated heterocycles. The van der Waals surface area contributed by atoms with Crippen molar-refractivity contribution < 1.29 is 0 Å². The average Bonchev–Trinajstić information content (AvgIpc) is 2.26. The molecule has 0 amide bonds. The third-order valence-electron chi connectivity index (χ3n) is 2.37. The van der Waals surface area contributed by atoms with Crippen LogP contribution >= 0.6 is 0 Å². The standard InChI is InChI=1S/C15H23N3/c1-6-16-13(8-7-10-15(3,4)5)14-9-11-17-12(2)18-14/h9,11,13,16H,6,8H2,1-5H3. The lowest BCUT2D eigenvalue weighted by Gasteiger charge is -2.15. The van der Waals surface area contributed by atoms with Gasteiger partial charge < -0.3 is 5.32 Å². The van der Waals surface area contributed by atoms with E-state index >= 15 is 0 Å². The van der Waals surface area contributed by atoms with E-state index < -0.39 is 0 Å². The summed E-state index contributed by atoms with van der Waals surface area (Å²) in [4.78, 5) is 8.59. The fourth-order valence-electron chi connectivity index (χ4n) is 1.61. The topological polar surface area (TPSA) is 37.8 Å². The van der Waals surface area contributed by atoms with E-state index in [0.29, 0.717) is 0 Å². The lowest BCUT2D eigenvalue weighted by molar-refractivity contribution is 0.542. The van der Waals surface area contributed by atoms with Gasteiger partial charge in [-0.3, -0.25) is 0 Å². The zero-order valence-electron chi connectivity index (χ0n) is 12.0. The lowest BCUT2D eigenvalue weighted by atomic mass is 9.97. The first-order valence-corrected chi connectivity index (χ1v) is 6.45. The molecule has 1 aromatic rings. The van der Waals surface area contributed by atoms with Crippen LogP contribution in [-0.4, -0.2) is 16.5 Å². The first-order chi connectivity index (χ1) is 8.42. The summed E-state index contributed by atoms with van der Waals surface area (Å²) in [7, 11) is 0. The molecule has 1 rings (SSSR count). The Labute approximate surface area is 110 Å². The molecule has 3 nitrogen and oxygen atoms in total. The van der Waals surface area contributed by atoms with E-state index in [-0.39, 0.29) is 11.5 Å². The Balaban J connectivity index is 2.79. The molecule has 0 aliphatic heterocycles. The molecule has 98 valence electrons. The molecule has 1 aromatic heterocycles. The second kappa shape index (κ2) is 6.51. The maximum Gasteiger partial charge on any atom is 0.125 e. The number of hydrogen-bond donors (Lipinski definition) is 1. The second-order valence-corrected chi connectivity index (χ2v) is 5.39. The molecule has 0 saturated carbocycles. The van der Waals surface area contributed by atoms with Crippen molar-refractivity contribution in [1.29, 1.82) is 0 Å². The average molecular weight is 245 g/mol. The van der Waals surface area contributed by atoms with Gasteiger partial charge in [0.15, 0.2) is 0 Å². The predicted octanol–water partition coefficient (Wildman–Crippen LogP) is 2.88. The van der Waals surface area contributed by atoms with Crippen LogP contribution in [0.3, 0.4) is 0 Å². The Morgan fingerprint density at radius 3 is 2.67 bits per heavy atom. The zero-order valence-corrected chi connectivity index (χ0v) is 12.0. The molecule has 3 heteroatoms. The number of aromatic nitrogens is 2. The van der Waals surface area contributed by atoms with Gasteiger partial charge >= 0.3 is 0 Å². The van der Waals surface area contributed by atoms with Gasteiger partial charge in [0, 0.05) is 18.0 Å². The fourth-order valence-corrected chi connectivity index (χ4v) is 1.61. The van der Waals surface area contributed by atoms with Crippen molar-refractivity contribution in [2.75, 3.05) is 6.54 Å². The van der Waals surface area contributed by atoms with Gasteiger partial charge in [-0.05, 0) is 40.3 Å². The van der Waals surface area contributed by atoms with Crippen LogP contribution in [-0.2, 0) is 0 Å². The molecule has 0 fully saturated rings. The summed E-state index contributed by atoms with van der Waals surface area (Å²) in [6.45, 7) is 11.3. The van der Waals surface area contributed by atoms with Crippen LogP contribution < -0.4 is 5.32 Å². The van der Waals surface area contributed by atoms with Crippen LogP contribution in [0.4, 0.5) is 0 Å². The van der Waals surface area contributed by atoms with Gasteiger partial charge in [0.05, 0.1) is 11.7 Å². The van der Waals surface area contributed by atoms with Crippen LogP contribution in [0.2, 0.25) is 0 Å². The van der Waals surface area contributed by atoms with E-state index in [1.807, 2.05) is 13.0 Å². The van der Waals surface area contributed by atoms with Gasteiger partial charge in [-0.1, -0.05) is 12.8 Å². The smallest absolute Gasteiger partial charge is 0.125 e. The van der Waals surface area contributed by atoms with Gasteiger partial charge in [-0.2, -0.15) is 0 Å². The second-order valence-electron chi connectivity index (χ2n) is 5.39. The molecule has 18 heavy (non-hydrogen) atoms. The van der Waals surface area contributed by atoms with Crippen LogP contribution in [0.25, 0.3) is 0 Å². The number of hydrogen-bond acceptors (Lipinski definition) is 3. The van der Waals surface area contributed by atoms with E-state index in [4.69, 9.17) is 0 Å². The van der Waals surface area contributed by atoms with Crippen molar-refractivity contribution >= 4 is 0 Å². The third kappa shape index (κ3) is 5.29. The molecule has 1 atom stereocenters. The highest BCUT2D eigenvalue weighted by molar-refractivity contribution is 5.14. The van der Waals surface area contributed by atoms with Crippen LogP contribution in [0, 0.1) is 24.2 Å². The Morgan fingerprint density at radius 2 is 2.11 bits per heavy atom. The van der Waals surface area contributed by atoms with E-state index in [1.165, 1.54) is 0 Å². The lowest BCUT2D eigenvalue weighted by Crippen LogP contribution is -2.22. The molecule has 0 bridgehead atoms. The Hall–Kier alpha value is -1.40.